The van der Waals surface area contributed by atoms with Crippen LogP contribution in [-0.4, -0.2) is 53.5 Å². The van der Waals surface area contributed by atoms with Crippen LogP contribution in [0.4, 0.5) is 11.4 Å². The molecular weight excluding hydrogens is 432 g/mol. The molecule has 2 saturated heterocycles. The minimum Gasteiger partial charge on any atom is -0.381 e. The lowest BCUT2D eigenvalue weighted by Crippen LogP contribution is -2.68. The van der Waals surface area contributed by atoms with Gasteiger partial charge in [-0.1, -0.05) is 17.7 Å². The summed E-state index contributed by atoms with van der Waals surface area (Å²) in [5, 5.41) is 3.18. The number of rotatable bonds is 3. The summed E-state index contributed by atoms with van der Waals surface area (Å²) in [6.45, 7) is 1.37. The van der Waals surface area contributed by atoms with E-state index >= 15 is 0 Å². The summed E-state index contributed by atoms with van der Waals surface area (Å²) in [7, 11) is 1.57. The van der Waals surface area contributed by atoms with Crippen LogP contribution in [0.25, 0.3) is 0 Å². The molecule has 1 aromatic heterocycles. The number of carbonyl (C=O) groups excluding carboxylic acids is 3. The second-order valence-corrected chi connectivity index (χ2v) is 8.86. The Morgan fingerprint density at radius 1 is 1.22 bits per heavy atom. The predicted molar refractivity (Wildman–Crippen MR) is 119 cm³/mol. The highest BCUT2D eigenvalue weighted by molar-refractivity contribution is 6.30. The van der Waals surface area contributed by atoms with Gasteiger partial charge in [0.05, 0.1) is 28.2 Å². The van der Waals surface area contributed by atoms with E-state index in [1.807, 2.05) is 12.1 Å². The molecule has 9 heteroatoms. The predicted octanol–water partition coefficient (Wildman–Crippen LogP) is 3.18. The third-order valence-corrected chi connectivity index (χ3v) is 6.89. The van der Waals surface area contributed by atoms with E-state index in [2.05, 4.69) is 10.3 Å². The average molecular weight is 455 g/mol. The van der Waals surface area contributed by atoms with Gasteiger partial charge in [-0.2, -0.15) is 0 Å². The first kappa shape index (κ1) is 20.9. The van der Waals surface area contributed by atoms with Crippen molar-refractivity contribution < 1.29 is 19.1 Å². The van der Waals surface area contributed by atoms with Crippen LogP contribution in [0.1, 0.15) is 47.5 Å². The molecule has 5 rings (SSSR count). The number of nitrogens with zero attached hydrogens (tertiary/aromatic N) is 3. The third-order valence-electron chi connectivity index (χ3n) is 6.68. The molecule has 32 heavy (non-hydrogen) atoms. The standard InChI is InChI=1S/C23H23ClN4O4/c1-27-21(30)18-3-2-15(14-5-8-32-9-6-14)10-19(18)28-20(29)4-7-23(27,28)22(31)26-17-11-16(24)12-25-13-17/h2-3,10-14H,4-9H2,1H3,(H,26,31). The number of fused-ring (bicyclic) bond motifs is 3. The molecule has 0 spiro atoms. The van der Waals surface area contributed by atoms with Crippen molar-refractivity contribution in [2.45, 2.75) is 37.3 Å². The monoisotopic (exact) mass is 454 g/mol. The molecule has 0 radical (unpaired) electrons. The number of amides is 3. The molecule has 4 heterocycles. The van der Waals surface area contributed by atoms with E-state index in [4.69, 9.17) is 16.3 Å². The van der Waals surface area contributed by atoms with Gasteiger partial charge in [-0.25, -0.2) is 0 Å². The van der Waals surface area contributed by atoms with Crippen LogP contribution in [0.5, 0.6) is 0 Å². The number of pyridine rings is 1. The fourth-order valence-corrected chi connectivity index (χ4v) is 5.16. The third kappa shape index (κ3) is 3.17. The number of carbonyl (C=O) groups is 3. The molecule has 1 atom stereocenters. The van der Waals surface area contributed by atoms with Gasteiger partial charge in [0.15, 0.2) is 0 Å². The van der Waals surface area contributed by atoms with Crippen molar-refractivity contribution in [3.05, 3.63) is 52.8 Å². The number of halogens is 1. The van der Waals surface area contributed by atoms with Gasteiger partial charge < -0.3 is 15.0 Å². The Hall–Kier alpha value is -2.97. The maximum absolute atomic E-state index is 13.6. The van der Waals surface area contributed by atoms with Gasteiger partial charge in [-0.15, -0.1) is 0 Å². The van der Waals surface area contributed by atoms with Gasteiger partial charge in [-0.3, -0.25) is 24.3 Å². The minimum atomic E-state index is -1.45. The number of nitrogens with one attached hydrogen (secondary N) is 1. The zero-order valence-corrected chi connectivity index (χ0v) is 18.4. The van der Waals surface area contributed by atoms with Crippen molar-refractivity contribution in [1.82, 2.24) is 9.88 Å². The van der Waals surface area contributed by atoms with E-state index in [0.717, 1.165) is 18.4 Å². The highest BCUT2D eigenvalue weighted by Gasteiger charge is 2.59. The lowest BCUT2D eigenvalue weighted by atomic mass is 9.88. The fourth-order valence-electron chi connectivity index (χ4n) is 4.99. The smallest absolute Gasteiger partial charge is 0.271 e. The van der Waals surface area contributed by atoms with Crippen LogP contribution in [0.2, 0.25) is 5.02 Å². The van der Waals surface area contributed by atoms with Crippen molar-refractivity contribution in [2.24, 2.45) is 0 Å². The second-order valence-electron chi connectivity index (χ2n) is 8.42. The first-order valence-corrected chi connectivity index (χ1v) is 11.0. The molecule has 2 fully saturated rings. The minimum absolute atomic E-state index is 0.166. The van der Waals surface area contributed by atoms with E-state index in [0.29, 0.717) is 41.1 Å². The lowest BCUT2D eigenvalue weighted by Gasteiger charge is -2.47. The molecular formula is C23H23ClN4O4. The molecule has 3 amide bonds. The highest BCUT2D eigenvalue weighted by atomic mass is 35.5. The summed E-state index contributed by atoms with van der Waals surface area (Å²) in [5.74, 6) is -0.648. The maximum Gasteiger partial charge on any atom is 0.271 e. The number of hydrogen-bond donors (Lipinski definition) is 1. The molecule has 1 unspecified atom stereocenters. The summed E-state index contributed by atoms with van der Waals surface area (Å²) in [5.41, 5.74) is 0.930. The number of benzene rings is 1. The molecule has 0 aliphatic carbocycles. The van der Waals surface area contributed by atoms with E-state index in [1.165, 1.54) is 22.2 Å². The summed E-state index contributed by atoms with van der Waals surface area (Å²) in [6.07, 6.45) is 5.07. The van der Waals surface area contributed by atoms with Crippen molar-refractivity contribution >= 4 is 40.7 Å². The Kier molecular flexibility index (Phi) is 5.14. The zero-order valence-electron chi connectivity index (χ0n) is 17.6. The van der Waals surface area contributed by atoms with Gasteiger partial charge in [0, 0.05) is 39.3 Å². The number of likely N-dealkylation sites (N-methyl/N-ethyl adjacent to an activating group) is 1. The van der Waals surface area contributed by atoms with Crippen LogP contribution in [0.3, 0.4) is 0 Å². The fraction of sp³-hybridized carbons (Fsp3) is 0.391. The Labute approximate surface area is 190 Å². The highest BCUT2D eigenvalue weighted by Crippen LogP contribution is 2.45. The second kappa shape index (κ2) is 7.86. The molecule has 3 aliphatic rings. The topological polar surface area (TPSA) is 91.8 Å². The van der Waals surface area contributed by atoms with Crippen LogP contribution >= 0.6 is 11.6 Å². The van der Waals surface area contributed by atoms with E-state index in [9.17, 15) is 14.4 Å². The Morgan fingerprint density at radius 3 is 2.75 bits per heavy atom. The van der Waals surface area contributed by atoms with Crippen LogP contribution in [-0.2, 0) is 14.3 Å². The first-order valence-electron chi connectivity index (χ1n) is 10.7. The zero-order chi connectivity index (χ0) is 22.5. The van der Waals surface area contributed by atoms with Gasteiger partial charge in [-0.05, 0) is 42.5 Å². The van der Waals surface area contributed by atoms with E-state index in [-0.39, 0.29) is 24.7 Å². The molecule has 2 aromatic rings. The molecule has 0 bridgehead atoms. The summed E-state index contributed by atoms with van der Waals surface area (Å²) in [4.78, 5) is 46.9. The number of aromatic nitrogens is 1. The maximum atomic E-state index is 13.6. The van der Waals surface area contributed by atoms with E-state index in [1.54, 1.807) is 19.2 Å². The molecule has 1 N–H and O–H groups in total. The summed E-state index contributed by atoms with van der Waals surface area (Å²) < 4.78 is 5.47. The molecule has 1 aromatic carbocycles. The van der Waals surface area contributed by atoms with Crippen LogP contribution < -0.4 is 10.2 Å². The lowest BCUT2D eigenvalue weighted by molar-refractivity contribution is -0.128. The largest absolute Gasteiger partial charge is 0.381 e. The SMILES string of the molecule is CN1C(=O)c2ccc(C3CCOCC3)cc2N2C(=O)CCC12C(=O)Nc1cncc(Cl)c1. The van der Waals surface area contributed by atoms with Crippen LogP contribution in [0.15, 0.2) is 36.7 Å². The molecule has 166 valence electrons. The first-order chi connectivity index (χ1) is 15.4. The quantitative estimate of drug-likeness (QED) is 0.769. The summed E-state index contributed by atoms with van der Waals surface area (Å²) in [6, 6.07) is 7.20. The Balaban J connectivity index is 1.57. The van der Waals surface area contributed by atoms with Crippen molar-refractivity contribution in [2.75, 3.05) is 30.5 Å². The van der Waals surface area contributed by atoms with Gasteiger partial charge in [0.2, 0.25) is 11.6 Å². The van der Waals surface area contributed by atoms with Crippen molar-refractivity contribution in [1.29, 1.82) is 0 Å². The number of hydrogen-bond acceptors (Lipinski definition) is 5. The van der Waals surface area contributed by atoms with Gasteiger partial charge in [0.1, 0.15) is 0 Å². The van der Waals surface area contributed by atoms with Crippen molar-refractivity contribution in [3.63, 3.8) is 0 Å². The Bertz CT molecular complexity index is 1120. The number of anilines is 2. The summed E-state index contributed by atoms with van der Waals surface area (Å²) >= 11 is 6.01. The molecule has 3 aliphatic heterocycles. The van der Waals surface area contributed by atoms with Gasteiger partial charge in [0.25, 0.3) is 11.8 Å². The molecule has 0 saturated carbocycles. The Morgan fingerprint density at radius 2 is 2.00 bits per heavy atom. The van der Waals surface area contributed by atoms with Crippen LogP contribution in [0, 0.1) is 0 Å². The van der Waals surface area contributed by atoms with Crippen molar-refractivity contribution in [3.8, 4) is 0 Å². The number of ether oxygens (including phenoxy) is 1. The van der Waals surface area contributed by atoms with Gasteiger partial charge >= 0.3 is 0 Å². The molecule has 8 nitrogen and oxygen atoms in total. The van der Waals surface area contributed by atoms with E-state index < -0.39 is 11.6 Å². The normalized spacial score (nSPS) is 23.2. The average Bonchev–Trinajstić information content (AvgIpc) is 3.16.